The third kappa shape index (κ3) is 3.21. The van der Waals surface area contributed by atoms with Crippen LogP contribution in [0.5, 0.6) is 5.75 Å². The lowest BCUT2D eigenvalue weighted by molar-refractivity contribution is -0.132. The lowest BCUT2D eigenvalue weighted by atomic mass is 9.98. The maximum atomic E-state index is 13.0. The van der Waals surface area contributed by atoms with Gasteiger partial charge in [0.1, 0.15) is 17.6 Å². The van der Waals surface area contributed by atoms with Gasteiger partial charge in [-0.1, -0.05) is 18.2 Å². The number of Topliss-reactive ketones (excluding diaryl/α,β-unsaturated/α-hetero) is 1. The molecule has 4 rings (SSSR count). The molecule has 146 valence electrons. The molecule has 1 amide bonds. The standard InChI is InChI=1S/C23H19NO4S/c1-14-12-13-29-22(14)19-18(20(25)15-8-10-17(28-2)11-9-15)21(26)23(27)24(19)16-6-4-3-5-7-16/h3-13,19,25H,1-2H3/b20-18-. The Kier molecular flexibility index (Phi) is 4.94. The summed E-state index contributed by atoms with van der Waals surface area (Å²) in [6.45, 7) is 1.93. The fourth-order valence-electron chi connectivity index (χ4n) is 3.50. The normalized spacial score (nSPS) is 18.3. The van der Waals surface area contributed by atoms with Crippen LogP contribution >= 0.6 is 11.3 Å². The number of benzene rings is 2. The van der Waals surface area contributed by atoms with Crippen molar-refractivity contribution in [3.8, 4) is 5.75 Å². The first-order chi connectivity index (χ1) is 14.0. The number of ether oxygens (including phenoxy) is 1. The van der Waals surface area contributed by atoms with E-state index in [9.17, 15) is 14.7 Å². The van der Waals surface area contributed by atoms with Crippen LogP contribution < -0.4 is 9.64 Å². The smallest absolute Gasteiger partial charge is 0.300 e. The van der Waals surface area contributed by atoms with Gasteiger partial charge in [-0.2, -0.15) is 0 Å². The molecule has 1 saturated heterocycles. The largest absolute Gasteiger partial charge is 0.507 e. The maximum Gasteiger partial charge on any atom is 0.300 e. The van der Waals surface area contributed by atoms with E-state index in [2.05, 4.69) is 0 Å². The van der Waals surface area contributed by atoms with Crippen LogP contribution in [0, 0.1) is 6.92 Å². The van der Waals surface area contributed by atoms with Crippen LogP contribution in [0.2, 0.25) is 0 Å². The van der Waals surface area contributed by atoms with Crippen molar-refractivity contribution in [3.63, 3.8) is 0 Å². The molecule has 0 radical (unpaired) electrons. The van der Waals surface area contributed by atoms with Gasteiger partial charge >= 0.3 is 0 Å². The maximum absolute atomic E-state index is 13.0. The minimum atomic E-state index is -0.694. The van der Waals surface area contributed by atoms with Crippen molar-refractivity contribution >= 4 is 34.5 Å². The number of nitrogens with zero attached hydrogens (tertiary/aromatic N) is 1. The van der Waals surface area contributed by atoms with E-state index < -0.39 is 17.7 Å². The molecule has 1 unspecified atom stereocenters. The Hall–Kier alpha value is -3.38. The van der Waals surface area contributed by atoms with E-state index in [0.717, 1.165) is 10.4 Å². The van der Waals surface area contributed by atoms with E-state index in [1.165, 1.54) is 16.2 Å². The third-order valence-electron chi connectivity index (χ3n) is 4.99. The number of amides is 1. The Bertz CT molecular complexity index is 1100. The number of aliphatic hydroxyl groups excluding tert-OH is 1. The van der Waals surface area contributed by atoms with Crippen LogP contribution in [-0.4, -0.2) is 23.9 Å². The van der Waals surface area contributed by atoms with Gasteiger partial charge in [0, 0.05) is 16.1 Å². The van der Waals surface area contributed by atoms with Gasteiger partial charge in [-0.05, 0) is 60.3 Å². The fraction of sp³-hybridized carbons (Fsp3) is 0.130. The molecular weight excluding hydrogens is 386 g/mol. The summed E-state index contributed by atoms with van der Waals surface area (Å²) >= 11 is 1.46. The second kappa shape index (κ2) is 7.56. The Balaban J connectivity index is 1.92. The number of anilines is 1. The fourth-order valence-corrected chi connectivity index (χ4v) is 4.53. The number of aryl methyl sites for hydroxylation is 1. The zero-order valence-corrected chi connectivity index (χ0v) is 16.8. The number of hydrogen-bond acceptors (Lipinski definition) is 5. The highest BCUT2D eigenvalue weighted by atomic mass is 32.1. The van der Waals surface area contributed by atoms with Crippen molar-refractivity contribution in [2.75, 3.05) is 12.0 Å². The number of rotatable bonds is 4. The molecule has 0 bridgehead atoms. The summed E-state index contributed by atoms with van der Waals surface area (Å²) in [5.41, 5.74) is 2.12. The van der Waals surface area contributed by atoms with Crippen molar-refractivity contribution in [2.24, 2.45) is 0 Å². The van der Waals surface area contributed by atoms with Gasteiger partial charge in [0.2, 0.25) is 0 Å². The van der Waals surface area contributed by atoms with Gasteiger partial charge in [-0.15, -0.1) is 11.3 Å². The third-order valence-corrected chi connectivity index (χ3v) is 6.06. The van der Waals surface area contributed by atoms with E-state index in [1.54, 1.807) is 43.5 Å². The first kappa shape index (κ1) is 19.0. The first-order valence-electron chi connectivity index (χ1n) is 9.07. The molecule has 1 fully saturated rings. The molecule has 1 N–H and O–H groups in total. The van der Waals surface area contributed by atoms with Crippen molar-refractivity contribution in [1.29, 1.82) is 0 Å². The summed E-state index contributed by atoms with van der Waals surface area (Å²) < 4.78 is 5.16. The zero-order chi connectivity index (χ0) is 20.5. The lowest BCUT2D eigenvalue weighted by Crippen LogP contribution is -2.29. The monoisotopic (exact) mass is 405 g/mol. The molecule has 1 aliphatic heterocycles. The Labute approximate surface area is 172 Å². The molecule has 1 aliphatic rings. The summed E-state index contributed by atoms with van der Waals surface area (Å²) in [5.74, 6) is -0.900. The molecule has 5 nitrogen and oxygen atoms in total. The predicted octanol–water partition coefficient (Wildman–Crippen LogP) is 4.69. The average molecular weight is 405 g/mol. The molecule has 2 heterocycles. The van der Waals surface area contributed by atoms with Gasteiger partial charge in [0.15, 0.2) is 0 Å². The average Bonchev–Trinajstić information content (AvgIpc) is 3.29. The Morgan fingerprint density at radius 2 is 1.72 bits per heavy atom. The number of ketones is 1. The summed E-state index contributed by atoms with van der Waals surface area (Å²) in [4.78, 5) is 28.3. The van der Waals surface area contributed by atoms with Crippen LogP contribution in [0.15, 0.2) is 71.6 Å². The van der Waals surface area contributed by atoms with Gasteiger partial charge in [-0.25, -0.2) is 0 Å². The molecular formula is C23H19NO4S. The predicted molar refractivity (Wildman–Crippen MR) is 113 cm³/mol. The summed E-state index contributed by atoms with van der Waals surface area (Å²) in [5, 5.41) is 13.0. The van der Waals surface area contributed by atoms with Gasteiger partial charge in [0.25, 0.3) is 11.7 Å². The highest BCUT2D eigenvalue weighted by Crippen LogP contribution is 2.44. The van der Waals surface area contributed by atoms with Gasteiger partial charge < -0.3 is 9.84 Å². The number of aliphatic hydroxyl groups is 1. The van der Waals surface area contributed by atoms with Crippen molar-refractivity contribution in [1.82, 2.24) is 0 Å². The minimum absolute atomic E-state index is 0.0922. The van der Waals surface area contributed by atoms with E-state index in [1.807, 2.05) is 36.6 Å². The van der Waals surface area contributed by atoms with E-state index in [4.69, 9.17) is 4.74 Å². The SMILES string of the molecule is COc1ccc(/C(O)=C2/C(=O)C(=O)N(c3ccccc3)C2c2sccc2C)cc1. The molecule has 1 aromatic heterocycles. The molecule has 3 aromatic rings. The molecule has 1 atom stereocenters. The Morgan fingerprint density at radius 3 is 2.31 bits per heavy atom. The molecule has 2 aromatic carbocycles. The molecule has 0 aliphatic carbocycles. The van der Waals surface area contributed by atoms with Crippen molar-refractivity contribution in [3.05, 3.63) is 87.6 Å². The van der Waals surface area contributed by atoms with E-state index in [0.29, 0.717) is 17.0 Å². The molecule has 0 spiro atoms. The minimum Gasteiger partial charge on any atom is -0.507 e. The van der Waals surface area contributed by atoms with Gasteiger partial charge in [0.05, 0.1) is 12.7 Å². The number of para-hydroxylation sites is 1. The van der Waals surface area contributed by atoms with Gasteiger partial charge in [-0.3, -0.25) is 14.5 Å². The zero-order valence-electron chi connectivity index (χ0n) is 16.0. The number of carbonyl (C=O) groups is 2. The molecule has 29 heavy (non-hydrogen) atoms. The van der Waals surface area contributed by atoms with E-state index in [-0.39, 0.29) is 11.3 Å². The highest BCUT2D eigenvalue weighted by Gasteiger charge is 2.47. The van der Waals surface area contributed by atoms with Crippen molar-refractivity contribution in [2.45, 2.75) is 13.0 Å². The second-order valence-electron chi connectivity index (χ2n) is 6.70. The van der Waals surface area contributed by atoms with Crippen LogP contribution in [-0.2, 0) is 9.59 Å². The quantitative estimate of drug-likeness (QED) is 0.388. The van der Waals surface area contributed by atoms with Crippen LogP contribution in [0.4, 0.5) is 5.69 Å². The number of thiophene rings is 1. The lowest BCUT2D eigenvalue weighted by Gasteiger charge is -2.25. The molecule has 0 saturated carbocycles. The number of carbonyl (C=O) groups excluding carboxylic acids is 2. The van der Waals surface area contributed by atoms with Crippen molar-refractivity contribution < 1.29 is 19.4 Å². The number of hydrogen-bond donors (Lipinski definition) is 1. The van der Waals surface area contributed by atoms with Crippen LogP contribution in [0.25, 0.3) is 5.76 Å². The Morgan fingerprint density at radius 1 is 1.03 bits per heavy atom. The first-order valence-corrected chi connectivity index (χ1v) is 9.95. The van der Waals surface area contributed by atoms with Crippen LogP contribution in [0.1, 0.15) is 22.0 Å². The van der Waals surface area contributed by atoms with Crippen LogP contribution in [0.3, 0.4) is 0 Å². The summed E-state index contributed by atoms with van der Waals surface area (Å²) in [6, 6.07) is 17.1. The highest BCUT2D eigenvalue weighted by molar-refractivity contribution is 7.10. The topological polar surface area (TPSA) is 66.8 Å². The molecule has 6 heteroatoms. The second-order valence-corrected chi connectivity index (χ2v) is 7.65. The van der Waals surface area contributed by atoms with E-state index >= 15 is 0 Å². The summed E-state index contributed by atoms with van der Waals surface area (Å²) in [6.07, 6.45) is 0. The summed E-state index contributed by atoms with van der Waals surface area (Å²) in [7, 11) is 1.56. The number of methoxy groups -OCH3 is 1.